The Hall–Kier alpha value is -1.96. The summed E-state index contributed by atoms with van der Waals surface area (Å²) in [4.78, 5) is 51.6. The number of rotatable bonds is 9. The second-order valence-corrected chi connectivity index (χ2v) is 7.45. The van der Waals surface area contributed by atoms with Crippen molar-refractivity contribution in [2.75, 3.05) is 40.3 Å². The summed E-state index contributed by atoms with van der Waals surface area (Å²) in [6.45, 7) is 5.35. The molecule has 3 amide bonds. The molecule has 1 fully saturated rings. The number of hydrogen-bond acceptors (Lipinski definition) is 5. The van der Waals surface area contributed by atoms with E-state index in [-0.39, 0.29) is 24.8 Å². The number of Topliss-reactive ketones (excluding diaryl/α,β-unsaturated/α-hetero) is 1. The van der Waals surface area contributed by atoms with E-state index in [1.807, 2.05) is 32.8 Å². The van der Waals surface area contributed by atoms with Gasteiger partial charge in [-0.2, -0.15) is 0 Å². The van der Waals surface area contributed by atoms with Crippen molar-refractivity contribution in [2.45, 2.75) is 45.6 Å². The fourth-order valence-corrected chi connectivity index (χ4v) is 2.77. The fourth-order valence-electron chi connectivity index (χ4n) is 2.77. The van der Waals surface area contributed by atoms with Crippen molar-refractivity contribution in [3.63, 3.8) is 0 Å². The molecule has 1 rings (SSSR count). The van der Waals surface area contributed by atoms with Gasteiger partial charge in [-0.25, -0.2) is 0 Å². The Balaban J connectivity index is 2.62. The van der Waals surface area contributed by atoms with Crippen molar-refractivity contribution in [3.05, 3.63) is 0 Å². The predicted octanol–water partition coefficient (Wildman–Crippen LogP) is -0.223. The van der Waals surface area contributed by atoms with E-state index in [2.05, 4.69) is 10.6 Å². The van der Waals surface area contributed by atoms with Gasteiger partial charge >= 0.3 is 0 Å². The SMILES string of the molecule is CC(C)C[C@H](NC(=O)CN1CCCCC(=O)C1=O)C(=O)NCCN(C)C. The van der Waals surface area contributed by atoms with Crippen LogP contribution in [0.3, 0.4) is 0 Å². The highest BCUT2D eigenvalue weighted by Gasteiger charge is 2.28. The number of hydrogen-bond donors (Lipinski definition) is 2. The smallest absolute Gasteiger partial charge is 0.290 e. The van der Waals surface area contributed by atoms with Crippen molar-refractivity contribution < 1.29 is 19.2 Å². The number of nitrogens with one attached hydrogen (secondary N) is 2. The van der Waals surface area contributed by atoms with E-state index in [0.29, 0.717) is 38.9 Å². The third-order valence-electron chi connectivity index (χ3n) is 4.16. The summed E-state index contributed by atoms with van der Waals surface area (Å²) in [5.74, 6) is -1.47. The van der Waals surface area contributed by atoms with Crippen molar-refractivity contribution in [2.24, 2.45) is 5.92 Å². The van der Waals surface area contributed by atoms with Gasteiger partial charge in [-0.1, -0.05) is 13.8 Å². The zero-order chi connectivity index (χ0) is 19.7. The third-order valence-corrected chi connectivity index (χ3v) is 4.16. The molecule has 0 radical (unpaired) electrons. The van der Waals surface area contributed by atoms with Crippen molar-refractivity contribution >= 4 is 23.5 Å². The summed E-state index contributed by atoms with van der Waals surface area (Å²) < 4.78 is 0. The monoisotopic (exact) mass is 368 g/mol. The number of carbonyl (C=O) groups excluding carboxylic acids is 4. The number of nitrogens with zero attached hydrogens (tertiary/aromatic N) is 2. The quantitative estimate of drug-likeness (QED) is 0.548. The molecule has 1 aliphatic rings. The van der Waals surface area contributed by atoms with Crippen LogP contribution < -0.4 is 10.6 Å². The zero-order valence-electron chi connectivity index (χ0n) is 16.3. The molecule has 0 aliphatic carbocycles. The molecule has 0 aromatic carbocycles. The maximum Gasteiger partial charge on any atom is 0.290 e. The average Bonchev–Trinajstić information content (AvgIpc) is 2.69. The lowest BCUT2D eigenvalue weighted by Crippen LogP contribution is -2.51. The van der Waals surface area contributed by atoms with E-state index in [1.54, 1.807) is 0 Å². The van der Waals surface area contributed by atoms with Gasteiger partial charge in [0, 0.05) is 26.1 Å². The van der Waals surface area contributed by atoms with E-state index in [4.69, 9.17) is 0 Å². The zero-order valence-corrected chi connectivity index (χ0v) is 16.3. The number of likely N-dealkylation sites (N-methyl/N-ethyl adjacent to an activating group) is 1. The van der Waals surface area contributed by atoms with Crippen LogP contribution in [0, 0.1) is 5.92 Å². The van der Waals surface area contributed by atoms with Crippen LogP contribution in [0.1, 0.15) is 39.5 Å². The normalized spacial score (nSPS) is 16.6. The molecule has 0 aromatic rings. The second-order valence-electron chi connectivity index (χ2n) is 7.45. The Morgan fingerprint density at radius 2 is 1.88 bits per heavy atom. The molecule has 8 heteroatoms. The van der Waals surface area contributed by atoms with Gasteiger partial charge in [0.05, 0.1) is 6.54 Å². The molecule has 1 saturated heterocycles. The van der Waals surface area contributed by atoms with Crippen molar-refractivity contribution in [1.82, 2.24) is 20.4 Å². The van der Waals surface area contributed by atoms with E-state index in [9.17, 15) is 19.2 Å². The van der Waals surface area contributed by atoms with E-state index in [1.165, 1.54) is 4.90 Å². The van der Waals surface area contributed by atoms with Crippen LogP contribution in [0.15, 0.2) is 0 Å². The Labute approximate surface area is 155 Å². The molecule has 1 atom stereocenters. The summed E-state index contributed by atoms with van der Waals surface area (Å²) >= 11 is 0. The first-order chi connectivity index (χ1) is 12.2. The van der Waals surface area contributed by atoms with Gasteiger partial charge in [0.1, 0.15) is 6.04 Å². The van der Waals surface area contributed by atoms with Gasteiger partial charge in [0.15, 0.2) is 0 Å². The minimum absolute atomic E-state index is 0.190. The molecule has 0 aromatic heterocycles. The summed E-state index contributed by atoms with van der Waals surface area (Å²) in [5.41, 5.74) is 0. The lowest BCUT2D eigenvalue weighted by atomic mass is 10.0. The molecule has 2 N–H and O–H groups in total. The van der Waals surface area contributed by atoms with Gasteiger partial charge in [-0.15, -0.1) is 0 Å². The number of likely N-dealkylation sites (tertiary alicyclic amines) is 1. The van der Waals surface area contributed by atoms with Crippen LogP contribution in [0.4, 0.5) is 0 Å². The number of ketones is 1. The number of amides is 3. The van der Waals surface area contributed by atoms with Crippen LogP contribution in [0.5, 0.6) is 0 Å². The second kappa shape index (κ2) is 10.9. The van der Waals surface area contributed by atoms with E-state index < -0.39 is 23.6 Å². The molecule has 1 heterocycles. The van der Waals surface area contributed by atoms with Gasteiger partial charge in [0.2, 0.25) is 17.6 Å². The Bertz CT molecular complexity index is 519. The molecule has 0 saturated carbocycles. The largest absolute Gasteiger partial charge is 0.353 e. The topological polar surface area (TPSA) is 98.8 Å². The van der Waals surface area contributed by atoms with Crippen LogP contribution in [0.25, 0.3) is 0 Å². The fraction of sp³-hybridized carbons (Fsp3) is 0.778. The highest BCUT2D eigenvalue weighted by Crippen LogP contribution is 2.09. The van der Waals surface area contributed by atoms with Crippen LogP contribution in [0.2, 0.25) is 0 Å². The van der Waals surface area contributed by atoms with Crippen LogP contribution >= 0.6 is 0 Å². The highest BCUT2D eigenvalue weighted by molar-refractivity contribution is 6.36. The minimum atomic E-state index is -0.651. The Morgan fingerprint density at radius 3 is 2.50 bits per heavy atom. The van der Waals surface area contributed by atoms with Crippen molar-refractivity contribution in [1.29, 1.82) is 0 Å². The van der Waals surface area contributed by atoms with Crippen LogP contribution in [-0.4, -0.2) is 79.6 Å². The summed E-state index contributed by atoms with van der Waals surface area (Å²) in [5, 5.41) is 5.54. The Morgan fingerprint density at radius 1 is 1.19 bits per heavy atom. The van der Waals surface area contributed by atoms with Gasteiger partial charge in [-0.05, 0) is 39.3 Å². The molecule has 8 nitrogen and oxygen atoms in total. The average molecular weight is 368 g/mol. The van der Waals surface area contributed by atoms with Gasteiger partial charge in [-0.3, -0.25) is 19.2 Å². The standard InChI is InChI=1S/C18H32N4O4/c1-13(2)11-14(17(25)19-8-10-21(3)4)20-16(24)12-22-9-6-5-7-15(23)18(22)26/h13-14H,5-12H2,1-4H3,(H,19,25)(H,20,24)/t14-/m0/s1. The third kappa shape index (κ3) is 7.95. The number of carbonyl (C=O) groups is 4. The molecular formula is C18H32N4O4. The lowest BCUT2D eigenvalue weighted by molar-refractivity contribution is -0.145. The predicted molar refractivity (Wildman–Crippen MR) is 98.4 cm³/mol. The maximum absolute atomic E-state index is 12.4. The highest BCUT2D eigenvalue weighted by atomic mass is 16.2. The molecular weight excluding hydrogens is 336 g/mol. The van der Waals surface area contributed by atoms with E-state index in [0.717, 1.165) is 0 Å². The lowest BCUT2D eigenvalue weighted by Gasteiger charge is -2.23. The van der Waals surface area contributed by atoms with Crippen molar-refractivity contribution in [3.8, 4) is 0 Å². The molecule has 0 unspecified atom stereocenters. The summed E-state index contributed by atoms with van der Waals surface area (Å²) in [7, 11) is 3.83. The van der Waals surface area contributed by atoms with Gasteiger partial charge in [0.25, 0.3) is 5.91 Å². The summed E-state index contributed by atoms with van der Waals surface area (Å²) in [6, 6.07) is -0.651. The first-order valence-electron chi connectivity index (χ1n) is 9.24. The molecule has 26 heavy (non-hydrogen) atoms. The molecule has 0 bridgehead atoms. The molecule has 148 valence electrons. The first-order valence-corrected chi connectivity index (χ1v) is 9.24. The first kappa shape index (κ1) is 22.1. The maximum atomic E-state index is 12.4. The summed E-state index contributed by atoms with van der Waals surface area (Å²) in [6.07, 6.45) is 2.10. The Kier molecular flexibility index (Phi) is 9.26. The van der Waals surface area contributed by atoms with E-state index >= 15 is 0 Å². The van der Waals surface area contributed by atoms with Crippen LogP contribution in [-0.2, 0) is 19.2 Å². The minimum Gasteiger partial charge on any atom is -0.353 e. The molecule has 0 spiro atoms. The molecule has 1 aliphatic heterocycles. The van der Waals surface area contributed by atoms with Gasteiger partial charge < -0.3 is 20.4 Å².